The molecule has 0 aromatic carbocycles. The van der Waals surface area contributed by atoms with E-state index in [-0.39, 0.29) is 11.5 Å². The van der Waals surface area contributed by atoms with Crippen LogP contribution in [0.1, 0.15) is 26.7 Å². The number of carbonyl (C=O) groups is 1. The van der Waals surface area contributed by atoms with E-state index in [9.17, 15) is 9.59 Å². The monoisotopic (exact) mass is 284 g/mol. The van der Waals surface area contributed by atoms with Gasteiger partial charge in [-0.25, -0.2) is 0 Å². The second kappa shape index (κ2) is 5.24. The van der Waals surface area contributed by atoms with E-state index >= 15 is 0 Å². The summed E-state index contributed by atoms with van der Waals surface area (Å²) in [5.74, 6) is 0.262. The molecular formula is C12H16N2O2S2. The van der Waals surface area contributed by atoms with Gasteiger partial charge in [0.05, 0.1) is 10.6 Å². The van der Waals surface area contributed by atoms with Gasteiger partial charge in [-0.15, -0.1) is 0 Å². The van der Waals surface area contributed by atoms with E-state index in [1.807, 2.05) is 12.3 Å². The summed E-state index contributed by atoms with van der Waals surface area (Å²) in [6, 6.07) is 0. The summed E-state index contributed by atoms with van der Waals surface area (Å²) in [7, 11) is 4.82. The first-order valence-electron chi connectivity index (χ1n) is 5.90. The fraction of sp³-hybridized carbons (Fsp3) is 0.500. The molecule has 0 spiro atoms. The number of hydrogen-bond acceptors (Lipinski definition) is 4. The summed E-state index contributed by atoms with van der Waals surface area (Å²) in [5, 5.41) is 4.71. The van der Waals surface area contributed by atoms with Crippen LogP contribution >= 0.6 is 20.7 Å². The van der Waals surface area contributed by atoms with Crippen LogP contribution in [0, 0.1) is 5.92 Å². The molecule has 1 N–H and O–H groups in total. The first-order chi connectivity index (χ1) is 8.54. The van der Waals surface area contributed by atoms with E-state index in [4.69, 9.17) is 0 Å². The number of anilines is 1. The second-order valence-corrected chi connectivity index (χ2v) is 6.60. The van der Waals surface area contributed by atoms with Gasteiger partial charge in [-0.1, -0.05) is 40.9 Å². The van der Waals surface area contributed by atoms with Crippen LogP contribution in [0.15, 0.2) is 10.2 Å². The normalized spacial score (nSPS) is 12.8. The molecule has 0 aromatic rings. The highest BCUT2D eigenvalue weighted by Gasteiger charge is 2.22. The maximum atomic E-state index is 12.0. The molecule has 2 rings (SSSR count). The van der Waals surface area contributed by atoms with Crippen molar-refractivity contribution in [1.82, 2.24) is 4.57 Å². The highest BCUT2D eigenvalue weighted by atomic mass is 32.9. The summed E-state index contributed by atoms with van der Waals surface area (Å²) in [6.45, 7) is 4.09. The fourth-order valence-electron chi connectivity index (χ4n) is 1.75. The third-order valence-electron chi connectivity index (χ3n) is 3.13. The number of nitrogens with zero attached hydrogens (tertiary/aromatic N) is 1. The zero-order valence-corrected chi connectivity index (χ0v) is 12.3. The molecule has 1 atom stereocenters. The van der Waals surface area contributed by atoms with Crippen molar-refractivity contribution in [2.24, 2.45) is 13.0 Å². The molecule has 4 nitrogen and oxygen atoms in total. The molecule has 0 radical (unpaired) electrons. The molecule has 0 saturated heterocycles. The number of nitrogens with one attached hydrogen (secondary N) is 1. The molecule has 6 heteroatoms. The molecule has 98 valence electrons. The lowest BCUT2D eigenvalue weighted by atomic mass is 10.1. The Labute approximate surface area is 113 Å². The maximum Gasteiger partial charge on any atom is 0.276 e. The molecule has 0 bridgehead atoms. The first kappa shape index (κ1) is 13.3. The van der Waals surface area contributed by atoms with E-state index in [2.05, 4.69) is 12.2 Å². The van der Waals surface area contributed by atoms with Crippen LogP contribution in [0.25, 0.3) is 10.6 Å². The molecular weight excluding hydrogens is 268 g/mol. The molecule has 0 saturated carbocycles. The Hall–Kier alpha value is -1.14. The van der Waals surface area contributed by atoms with Gasteiger partial charge in [-0.3, -0.25) is 9.59 Å². The van der Waals surface area contributed by atoms with Gasteiger partial charge in [-0.2, -0.15) is 0 Å². The molecule has 1 unspecified atom stereocenters. The third-order valence-corrected chi connectivity index (χ3v) is 5.20. The van der Waals surface area contributed by atoms with Gasteiger partial charge in [-0.05, 0) is 5.92 Å². The number of fused-ring (bicyclic) bond motifs is 1. The van der Waals surface area contributed by atoms with E-state index in [0.717, 1.165) is 17.0 Å². The van der Waals surface area contributed by atoms with E-state index in [1.165, 1.54) is 10.3 Å². The number of hydrogen-bond donors (Lipinski definition) is 1. The van der Waals surface area contributed by atoms with Gasteiger partial charge in [0.25, 0.3) is 5.56 Å². The number of carbonyl (C=O) groups excluding carboxylic acids is 1. The molecule has 2 heterocycles. The van der Waals surface area contributed by atoms with Gasteiger partial charge < -0.3 is 9.88 Å². The minimum absolute atomic E-state index is 0.0765. The van der Waals surface area contributed by atoms with Crippen LogP contribution in [0.2, 0.25) is 0 Å². The largest absolute Gasteiger partial charge is 0.320 e. The first-order valence-corrected chi connectivity index (χ1v) is 8.12. The second-order valence-electron chi connectivity index (χ2n) is 4.52. The summed E-state index contributed by atoms with van der Waals surface area (Å²) < 4.78 is 1.58. The van der Waals surface area contributed by atoms with Crippen molar-refractivity contribution in [2.75, 3.05) is 5.32 Å². The molecule has 0 fully saturated rings. The van der Waals surface area contributed by atoms with Crippen LogP contribution in [0.3, 0.4) is 0 Å². The van der Waals surface area contributed by atoms with Crippen molar-refractivity contribution in [3.05, 3.63) is 15.7 Å². The van der Waals surface area contributed by atoms with Gasteiger partial charge in [0, 0.05) is 18.8 Å². The van der Waals surface area contributed by atoms with Crippen LogP contribution in [0.4, 0.5) is 5.69 Å². The average molecular weight is 284 g/mol. The van der Waals surface area contributed by atoms with Crippen LogP contribution in [-0.2, 0) is 11.8 Å². The fourth-order valence-corrected chi connectivity index (χ4v) is 4.05. The summed E-state index contributed by atoms with van der Waals surface area (Å²) >= 11 is 0. The van der Waals surface area contributed by atoms with E-state index in [1.54, 1.807) is 22.0 Å². The summed E-state index contributed by atoms with van der Waals surface area (Å²) in [6.07, 6.45) is 1.42. The minimum atomic E-state index is -0.124. The van der Waals surface area contributed by atoms with Crippen LogP contribution in [-0.4, -0.2) is 10.5 Å². The van der Waals surface area contributed by atoms with Gasteiger partial charge in [0.1, 0.15) is 5.69 Å². The van der Waals surface area contributed by atoms with Crippen molar-refractivity contribution in [3.8, 4) is 10.6 Å². The SMILES string of the molecule is CCC(C)CC(=O)Nc1c2sscc-2n(C)c1=O. The van der Waals surface area contributed by atoms with Gasteiger partial charge in [0.2, 0.25) is 5.91 Å². The average Bonchev–Trinajstić information content (AvgIpc) is 2.89. The maximum absolute atomic E-state index is 12.0. The predicted molar refractivity (Wildman–Crippen MR) is 76.8 cm³/mol. The Kier molecular flexibility index (Phi) is 3.87. The Morgan fingerprint density at radius 2 is 2.28 bits per heavy atom. The van der Waals surface area contributed by atoms with Gasteiger partial charge in [0.15, 0.2) is 0 Å². The van der Waals surface area contributed by atoms with Crippen LogP contribution < -0.4 is 10.9 Å². The van der Waals surface area contributed by atoms with Crippen LogP contribution in [0.5, 0.6) is 0 Å². The molecule has 2 aliphatic heterocycles. The van der Waals surface area contributed by atoms with Crippen molar-refractivity contribution >= 4 is 32.3 Å². The van der Waals surface area contributed by atoms with Crippen molar-refractivity contribution in [1.29, 1.82) is 0 Å². The zero-order valence-electron chi connectivity index (χ0n) is 10.6. The minimum Gasteiger partial charge on any atom is -0.320 e. The topological polar surface area (TPSA) is 51.1 Å². The smallest absolute Gasteiger partial charge is 0.276 e. The van der Waals surface area contributed by atoms with E-state index in [0.29, 0.717) is 18.0 Å². The van der Waals surface area contributed by atoms with E-state index < -0.39 is 0 Å². The quantitative estimate of drug-likeness (QED) is 0.877. The predicted octanol–water partition coefficient (Wildman–Crippen LogP) is 2.99. The molecule has 0 aliphatic carbocycles. The summed E-state index contributed by atoms with van der Waals surface area (Å²) in [5.41, 5.74) is 1.21. The highest BCUT2D eigenvalue weighted by Crippen LogP contribution is 2.36. The molecule has 2 aliphatic rings. The van der Waals surface area contributed by atoms with Gasteiger partial charge >= 0.3 is 0 Å². The van der Waals surface area contributed by atoms with Crippen molar-refractivity contribution in [2.45, 2.75) is 26.7 Å². The zero-order chi connectivity index (χ0) is 13.3. The van der Waals surface area contributed by atoms with Crippen molar-refractivity contribution < 1.29 is 4.79 Å². The standard InChI is InChI=1S/C12H16N2O2S2/c1-4-7(2)5-9(15)13-10-11-8(6-17-18-11)14(3)12(10)16/h6-7H,4-5H2,1-3H3,(H,13,15). The Balaban J connectivity index is 2.22. The molecule has 18 heavy (non-hydrogen) atoms. The summed E-state index contributed by atoms with van der Waals surface area (Å²) in [4.78, 5) is 24.7. The Morgan fingerprint density at radius 3 is 2.94 bits per heavy atom. The third kappa shape index (κ3) is 2.35. The Bertz CT molecular complexity index is 582. The number of amides is 1. The van der Waals surface area contributed by atoms with Crippen molar-refractivity contribution in [3.63, 3.8) is 0 Å². The highest BCUT2D eigenvalue weighted by molar-refractivity contribution is 7.70. The lowest BCUT2D eigenvalue weighted by molar-refractivity contribution is -0.117. The number of aromatic nitrogens is 1. The number of rotatable bonds is 4. The molecule has 1 amide bonds. The Morgan fingerprint density at radius 1 is 1.56 bits per heavy atom. The molecule has 0 aromatic heterocycles. The lowest BCUT2D eigenvalue weighted by Crippen LogP contribution is -2.20. The lowest BCUT2D eigenvalue weighted by Gasteiger charge is -2.07.